The molecule has 1 unspecified atom stereocenters. The van der Waals surface area contributed by atoms with Crippen LogP contribution < -0.4 is 10.6 Å². The Kier molecular flexibility index (Phi) is 6.36. The van der Waals surface area contributed by atoms with Crippen molar-refractivity contribution in [2.45, 2.75) is 20.8 Å². The van der Waals surface area contributed by atoms with Crippen molar-refractivity contribution in [3.63, 3.8) is 0 Å². The Bertz CT molecular complexity index is 1260. The highest BCUT2D eigenvalue weighted by molar-refractivity contribution is 7.62. The minimum absolute atomic E-state index is 0.00156. The molecule has 1 N–H and O–H groups in total. The van der Waals surface area contributed by atoms with Gasteiger partial charge in [-0.2, -0.15) is 5.26 Å². The van der Waals surface area contributed by atoms with Gasteiger partial charge in [0.25, 0.3) is 0 Å². The van der Waals surface area contributed by atoms with Gasteiger partial charge in [-0.05, 0) is 56.2 Å². The number of hydrogen-bond acceptors (Lipinski definition) is 4. The van der Waals surface area contributed by atoms with E-state index in [0.29, 0.717) is 21.9 Å². The maximum absolute atomic E-state index is 14.9. The predicted octanol–water partition coefficient (Wildman–Crippen LogP) is 5.07. The number of benzene rings is 2. The normalized spacial score (nSPS) is 11.7. The van der Waals surface area contributed by atoms with Crippen LogP contribution in [0.5, 0.6) is 0 Å². The van der Waals surface area contributed by atoms with Crippen molar-refractivity contribution in [2.24, 2.45) is 0 Å². The summed E-state index contributed by atoms with van der Waals surface area (Å²) in [7, 11) is -2.39. The first-order valence-electron chi connectivity index (χ1n) is 9.11. The van der Waals surface area contributed by atoms with Crippen molar-refractivity contribution in [2.75, 3.05) is 6.61 Å². The molecule has 1 aromatic heterocycles. The molecule has 0 spiro atoms. The number of nitriles is 1. The van der Waals surface area contributed by atoms with Gasteiger partial charge < -0.3 is 9.72 Å². The molecule has 8 heteroatoms. The van der Waals surface area contributed by atoms with Crippen molar-refractivity contribution < 1.29 is 18.5 Å². The summed E-state index contributed by atoms with van der Waals surface area (Å²) >= 11 is 5.96. The van der Waals surface area contributed by atoms with Crippen molar-refractivity contribution in [1.29, 1.82) is 5.26 Å². The summed E-state index contributed by atoms with van der Waals surface area (Å²) in [5.41, 5.74) is 2.43. The zero-order valence-corrected chi connectivity index (χ0v) is 18.2. The van der Waals surface area contributed by atoms with Gasteiger partial charge in [0.2, 0.25) is 5.30 Å². The summed E-state index contributed by atoms with van der Waals surface area (Å²) in [5, 5.41) is 9.15. The van der Waals surface area contributed by atoms with Crippen LogP contribution in [0, 0.1) is 31.0 Å². The highest BCUT2D eigenvalue weighted by Gasteiger charge is 2.38. The number of ether oxygens (including phenoxy) is 1. The van der Waals surface area contributed by atoms with Crippen molar-refractivity contribution in [1.82, 2.24) is 4.98 Å². The molecular weight excluding hydrogens is 426 g/mol. The van der Waals surface area contributed by atoms with Crippen LogP contribution in [0.4, 0.5) is 4.39 Å². The van der Waals surface area contributed by atoms with E-state index in [9.17, 15) is 13.8 Å². The summed E-state index contributed by atoms with van der Waals surface area (Å²) in [5.74, 6) is -1.48. The average Bonchev–Trinajstić information content (AvgIpc) is 3.11. The Morgan fingerprint density at radius 3 is 2.77 bits per heavy atom. The molecule has 152 valence electrons. The molecule has 1 heterocycles. The molecule has 5 nitrogen and oxygen atoms in total. The lowest BCUT2D eigenvalue weighted by Crippen LogP contribution is -2.19. The molecule has 0 aliphatic carbocycles. The Morgan fingerprint density at radius 2 is 2.10 bits per heavy atom. The van der Waals surface area contributed by atoms with Gasteiger partial charge in [0.05, 0.1) is 28.6 Å². The van der Waals surface area contributed by atoms with Crippen LogP contribution in [0.15, 0.2) is 30.3 Å². The minimum atomic E-state index is -2.39. The molecule has 1 atom stereocenters. The number of nitrogens with zero attached hydrogens (tertiary/aromatic N) is 1. The molecule has 0 aliphatic rings. The highest BCUT2D eigenvalue weighted by atomic mass is 35.5. The van der Waals surface area contributed by atoms with E-state index in [4.69, 9.17) is 21.6 Å². The topological polar surface area (TPSA) is 83.0 Å². The van der Waals surface area contributed by atoms with Gasteiger partial charge in [0, 0.05) is 11.6 Å². The van der Waals surface area contributed by atoms with Gasteiger partial charge in [-0.1, -0.05) is 22.2 Å². The minimum Gasteiger partial charge on any atom is -0.461 e. The lowest BCUT2D eigenvalue weighted by Gasteiger charge is -2.04. The third-order valence-corrected chi connectivity index (χ3v) is 6.68. The number of aromatic amines is 1. The van der Waals surface area contributed by atoms with E-state index >= 15 is 0 Å². The zero-order chi connectivity index (χ0) is 22.0. The number of nitrogens with one attached hydrogen (secondary N) is 1. The molecule has 2 aromatic carbocycles. The molecule has 0 amide bonds. The molecule has 0 radical (unpaired) electrons. The summed E-state index contributed by atoms with van der Waals surface area (Å²) < 4.78 is 33.8. The smallest absolute Gasteiger partial charge is 0.418 e. The monoisotopic (exact) mass is 443 g/mol. The second kappa shape index (κ2) is 8.79. The first kappa shape index (κ1) is 21.7. The number of aromatic nitrogens is 1. The third-order valence-electron chi connectivity index (χ3n) is 4.63. The Labute approximate surface area is 178 Å². The van der Waals surface area contributed by atoms with Crippen LogP contribution in [0.2, 0.25) is 5.02 Å². The predicted molar refractivity (Wildman–Crippen MR) is 117 cm³/mol. The van der Waals surface area contributed by atoms with Gasteiger partial charge in [0.15, 0.2) is 16.8 Å². The molecule has 3 rings (SSSR count). The average molecular weight is 444 g/mol. The van der Waals surface area contributed by atoms with Gasteiger partial charge in [-0.15, -0.1) is 0 Å². The number of aryl methyl sites for hydroxylation is 1. The molecule has 0 saturated carbocycles. The van der Waals surface area contributed by atoms with Gasteiger partial charge in [-0.3, -0.25) is 0 Å². The summed E-state index contributed by atoms with van der Waals surface area (Å²) in [4.78, 5) is 15.4. The van der Waals surface area contributed by atoms with Gasteiger partial charge in [0.1, 0.15) is 0 Å². The number of H-pyrrole nitrogens is 1. The van der Waals surface area contributed by atoms with Gasteiger partial charge >= 0.3 is 13.8 Å². The number of allylic oxidation sites excluding steroid dienone is 1. The quantitative estimate of drug-likeness (QED) is 0.339. The van der Waals surface area contributed by atoms with Crippen LogP contribution >= 0.6 is 19.4 Å². The Morgan fingerprint density at radius 1 is 1.37 bits per heavy atom. The molecule has 0 fully saturated rings. The maximum Gasteiger partial charge on any atom is 0.418 e. The SMILES string of the molecule is CCOC(=O)c1[nH]c2ccc(Cl)c(F)c2c1[P+](=O)c1cc(C)cc(/C=C/C#N)c1C. The van der Waals surface area contributed by atoms with Crippen LogP contribution in [0.3, 0.4) is 0 Å². The molecular formula is C22H18ClFN2O3P+. The van der Waals surface area contributed by atoms with Gasteiger partial charge in [-0.25, -0.2) is 9.18 Å². The molecule has 0 saturated heterocycles. The number of carbonyl (C=O) groups excluding carboxylic acids is 1. The van der Waals surface area contributed by atoms with Crippen molar-refractivity contribution in [3.8, 4) is 6.07 Å². The molecule has 0 bridgehead atoms. The lowest BCUT2D eigenvalue weighted by molar-refractivity contribution is 0.0522. The number of hydrogen-bond donors (Lipinski definition) is 1. The summed E-state index contributed by atoms with van der Waals surface area (Å²) in [6.07, 6.45) is 2.95. The van der Waals surface area contributed by atoms with E-state index in [2.05, 4.69) is 4.98 Å². The zero-order valence-electron chi connectivity index (χ0n) is 16.5. The fraction of sp³-hybridized carbons (Fsp3) is 0.182. The first-order valence-corrected chi connectivity index (χ1v) is 10.7. The number of carbonyl (C=O) groups is 1. The molecule has 3 aromatic rings. The van der Waals surface area contributed by atoms with E-state index in [1.807, 2.05) is 19.1 Å². The summed E-state index contributed by atoms with van der Waals surface area (Å²) in [6.45, 7) is 5.35. The highest BCUT2D eigenvalue weighted by Crippen LogP contribution is 2.34. The number of fused-ring (bicyclic) bond motifs is 1. The summed E-state index contributed by atoms with van der Waals surface area (Å²) in [6, 6.07) is 8.41. The van der Waals surface area contributed by atoms with Crippen LogP contribution in [0.25, 0.3) is 17.0 Å². The van der Waals surface area contributed by atoms with E-state index in [1.54, 1.807) is 26.0 Å². The number of halogens is 2. The van der Waals surface area contributed by atoms with Crippen LogP contribution in [0.1, 0.15) is 34.1 Å². The van der Waals surface area contributed by atoms with Crippen molar-refractivity contribution >= 4 is 53.0 Å². The van der Waals surface area contributed by atoms with E-state index < -0.39 is 19.6 Å². The van der Waals surface area contributed by atoms with E-state index in [-0.39, 0.29) is 28.0 Å². The number of esters is 1. The lowest BCUT2D eigenvalue weighted by atomic mass is 10.1. The largest absolute Gasteiger partial charge is 0.461 e. The van der Waals surface area contributed by atoms with Crippen LogP contribution in [-0.2, 0) is 9.30 Å². The third kappa shape index (κ3) is 3.87. The Balaban J connectivity index is 2.32. The first-order chi connectivity index (χ1) is 14.3. The van der Waals surface area contributed by atoms with Crippen LogP contribution in [-0.4, -0.2) is 17.6 Å². The second-order valence-corrected chi connectivity index (χ2v) is 8.53. The van der Waals surface area contributed by atoms with Crippen molar-refractivity contribution in [3.05, 3.63) is 63.6 Å². The molecule has 30 heavy (non-hydrogen) atoms. The fourth-order valence-corrected chi connectivity index (χ4v) is 5.18. The number of rotatable bonds is 5. The fourth-order valence-electron chi connectivity index (χ4n) is 3.26. The second-order valence-electron chi connectivity index (χ2n) is 6.61. The van der Waals surface area contributed by atoms with E-state index in [0.717, 1.165) is 5.56 Å². The maximum atomic E-state index is 14.9. The van der Waals surface area contributed by atoms with E-state index in [1.165, 1.54) is 18.2 Å². The molecule has 0 aliphatic heterocycles. The Hall–Kier alpha value is -3.00. The standard InChI is InChI=1S/C22H17ClFN2O3P/c1-4-29-22(27)20-21(18-16(26-20)8-7-15(23)19(18)24)30(28)17-11-12(2)10-14(13(17)3)6-5-9-25/h5-8,10-11H,4H2,1-3H3/p+1/b6-5+.